The van der Waals surface area contributed by atoms with E-state index in [0.717, 1.165) is 47.2 Å². The van der Waals surface area contributed by atoms with Crippen molar-refractivity contribution in [3.05, 3.63) is 59.7 Å². The highest BCUT2D eigenvalue weighted by Crippen LogP contribution is 2.35. The maximum atomic E-state index is 12.5. The minimum Gasteiger partial charge on any atom is -0.454 e. The van der Waals surface area contributed by atoms with Crippen molar-refractivity contribution in [2.75, 3.05) is 13.3 Å². The van der Waals surface area contributed by atoms with Crippen LogP contribution in [-0.4, -0.2) is 34.0 Å². The Balaban J connectivity index is 1.37. The number of benzene rings is 2. The highest BCUT2D eigenvalue weighted by atomic mass is 16.7. The van der Waals surface area contributed by atoms with Crippen LogP contribution >= 0.6 is 0 Å². The van der Waals surface area contributed by atoms with Gasteiger partial charge in [-0.05, 0) is 55.7 Å². The van der Waals surface area contributed by atoms with Crippen LogP contribution in [0.1, 0.15) is 28.4 Å². The fourth-order valence-electron chi connectivity index (χ4n) is 3.22. The van der Waals surface area contributed by atoms with Crippen molar-refractivity contribution in [1.82, 2.24) is 20.1 Å². The Bertz CT molecular complexity index is 1010. The lowest BCUT2D eigenvalue weighted by molar-refractivity contribution is 0.0952. The molecule has 0 bridgehead atoms. The van der Waals surface area contributed by atoms with Gasteiger partial charge in [0.1, 0.15) is 11.6 Å². The molecule has 0 spiro atoms. The van der Waals surface area contributed by atoms with E-state index in [9.17, 15) is 4.79 Å². The summed E-state index contributed by atoms with van der Waals surface area (Å²) in [6, 6.07) is 13.3. The Kier molecular flexibility index (Phi) is 4.97. The summed E-state index contributed by atoms with van der Waals surface area (Å²) in [4.78, 5) is 16.8. The molecule has 7 nitrogen and oxygen atoms in total. The van der Waals surface area contributed by atoms with Gasteiger partial charge in [0, 0.05) is 18.7 Å². The number of nitrogens with zero attached hydrogens (tertiary/aromatic N) is 3. The van der Waals surface area contributed by atoms with Crippen molar-refractivity contribution in [2.45, 2.75) is 26.8 Å². The van der Waals surface area contributed by atoms with Crippen LogP contribution in [0.2, 0.25) is 0 Å². The van der Waals surface area contributed by atoms with Gasteiger partial charge in [-0.1, -0.05) is 18.2 Å². The quantitative estimate of drug-likeness (QED) is 0.667. The second-order valence-electron chi connectivity index (χ2n) is 6.69. The zero-order valence-electron chi connectivity index (χ0n) is 15.9. The van der Waals surface area contributed by atoms with Crippen molar-refractivity contribution >= 4 is 5.91 Å². The highest BCUT2D eigenvalue weighted by Gasteiger charge is 2.14. The third-order valence-electron chi connectivity index (χ3n) is 4.63. The lowest BCUT2D eigenvalue weighted by Gasteiger charge is -2.08. The van der Waals surface area contributed by atoms with E-state index >= 15 is 0 Å². The smallest absolute Gasteiger partial charge is 0.251 e. The molecule has 0 saturated heterocycles. The SMILES string of the molecule is Cc1nc(C)n(CCCNC(=O)c2cccc(-c3ccc4c(c3)OCO4)c2)n1. The first-order chi connectivity index (χ1) is 13.6. The van der Waals surface area contributed by atoms with Crippen molar-refractivity contribution in [3.63, 3.8) is 0 Å². The maximum absolute atomic E-state index is 12.5. The number of rotatable bonds is 6. The monoisotopic (exact) mass is 378 g/mol. The number of carbonyl (C=O) groups excluding carboxylic acids is 1. The molecule has 2 heterocycles. The average molecular weight is 378 g/mol. The van der Waals surface area contributed by atoms with E-state index in [4.69, 9.17) is 9.47 Å². The van der Waals surface area contributed by atoms with E-state index in [1.165, 1.54) is 0 Å². The Morgan fingerprint density at radius 3 is 2.75 bits per heavy atom. The zero-order valence-corrected chi connectivity index (χ0v) is 15.9. The molecule has 0 atom stereocenters. The molecule has 28 heavy (non-hydrogen) atoms. The van der Waals surface area contributed by atoms with Gasteiger partial charge in [-0.3, -0.25) is 9.48 Å². The summed E-state index contributed by atoms with van der Waals surface area (Å²) in [6.07, 6.45) is 0.789. The standard InChI is InChI=1S/C21H22N4O3/c1-14-23-15(2)25(24-14)10-4-9-22-21(26)18-6-3-5-16(11-18)17-7-8-19-20(12-17)28-13-27-19/h3,5-8,11-12H,4,9-10,13H2,1-2H3,(H,22,26). The number of aryl methyl sites for hydroxylation is 3. The number of aromatic nitrogens is 3. The summed E-state index contributed by atoms with van der Waals surface area (Å²) in [5.74, 6) is 3.04. The Labute approximate surface area is 163 Å². The summed E-state index contributed by atoms with van der Waals surface area (Å²) in [5, 5.41) is 7.30. The molecule has 0 fully saturated rings. The topological polar surface area (TPSA) is 78.3 Å². The van der Waals surface area contributed by atoms with Gasteiger partial charge in [0.15, 0.2) is 11.5 Å². The molecule has 0 saturated carbocycles. The third-order valence-corrected chi connectivity index (χ3v) is 4.63. The van der Waals surface area contributed by atoms with Crippen molar-refractivity contribution < 1.29 is 14.3 Å². The van der Waals surface area contributed by atoms with Gasteiger partial charge < -0.3 is 14.8 Å². The third kappa shape index (κ3) is 3.83. The van der Waals surface area contributed by atoms with Crippen LogP contribution in [0.25, 0.3) is 11.1 Å². The van der Waals surface area contributed by atoms with Crippen LogP contribution in [0.15, 0.2) is 42.5 Å². The number of ether oxygens (including phenoxy) is 2. The van der Waals surface area contributed by atoms with Crippen molar-refractivity contribution in [1.29, 1.82) is 0 Å². The predicted molar refractivity (Wildman–Crippen MR) is 104 cm³/mol. The molecule has 0 unspecified atom stereocenters. The largest absolute Gasteiger partial charge is 0.454 e. The molecule has 4 rings (SSSR count). The number of nitrogens with one attached hydrogen (secondary N) is 1. The van der Waals surface area contributed by atoms with Crippen molar-refractivity contribution in [3.8, 4) is 22.6 Å². The molecule has 1 aromatic heterocycles. The van der Waals surface area contributed by atoms with Gasteiger partial charge in [0.2, 0.25) is 6.79 Å². The van der Waals surface area contributed by atoms with Crippen LogP contribution in [0.3, 0.4) is 0 Å². The summed E-state index contributed by atoms with van der Waals surface area (Å²) in [6.45, 7) is 5.35. The van der Waals surface area contributed by atoms with Crippen LogP contribution in [0.4, 0.5) is 0 Å². The molecular weight excluding hydrogens is 356 g/mol. The molecule has 7 heteroatoms. The summed E-state index contributed by atoms with van der Waals surface area (Å²) in [7, 11) is 0. The van der Waals surface area contributed by atoms with Crippen LogP contribution in [0, 0.1) is 13.8 Å². The van der Waals surface area contributed by atoms with Gasteiger partial charge in [0.05, 0.1) is 0 Å². The van der Waals surface area contributed by atoms with Gasteiger partial charge in [-0.2, -0.15) is 5.10 Å². The molecule has 0 radical (unpaired) electrons. The van der Waals surface area contributed by atoms with E-state index in [-0.39, 0.29) is 12.7 Å². The Morgan fingerprint density at radius 2 is 1.93 bits per heavy atom. The van der Waals surface area contributed by atoms with E-state index in [1.54, 1.807) is 0 Å². The molecule has 1 aliphatic rings. The van der Waals surface area contributed by atoms with Gasteiger partial charge in [0.25, 0.3) is 5.91 Å². The first-order valence-electron chi connectivity index (χ1n) is 9.26. The Morgan fingerprint density at radius 1 is 1.11 bits per heavy atom. The van der Waals surface area contributed by atoms with E-state index in [0.29, 0.717) is 12.1 Å². The number of hydrogen-bond donors (Lipinski definition) is 1. The summed E-state index contributed by atoms with van der Waals surface area (Å²) < 4.78 is 12.7. The van der Waals surface area contributed by atoms with Crippen molar-refractivity contribution in [2.24, 2.45) is 0 Å². The fraction of sp³-hybridized carbons (Fsp3) is 0.286. The average Bonchev–Trinajstić information content (AvgIpc) is 3.30. The molecule has 3 aromatic rings. The number of carbonyl (C=O) groups is 1. The lowest BCUT2D eigenvalue weighted by Crippen LogP contribution is -2.25. The molecule has 2 aromatic carbocycles. The summed E-state index contributed by atoms with van der Waals surface area (Å²) in [5.41, 5.74) is 2.57. The number of hydrogen-bond acceptors (Lipinski definition) is 5. The molecule has 1 amide bonds. The van der Waals surface area contributed by atoms with E-state index in [1.807, 2.05) is 61.0 Å². The molecule has 0 aliphatic carbocycles. The lowest BCUT2D eigenvalue weighted by atomic mass is 10.0. The van der Waals surface area contributed by atoms with Crippen LogP contribution < -0.4 is 14.8 Å². The van der Waals surface area contributed by atoms with Crippen LogP contribution in [0.5, 0.6) is 11.5 Å². The van der Waals surface area contributed by atoms with Crippen LogP contribution in [-0.2, 0) is 6.54 Å². The highest BCUT2D eigenvalue weighted by molar-refractivity contribution is 5.95. The minimum absolute atomic E-state index is 0.0888. The minimum atomic E-state index is -0.0888. The van der Waals surface area contributed by atoms with Gasteiger partial charge in [-0.25, -0.2) is 4.98 Å². The first-order valence-corrected chi connectivity index (χ1v) is 9.26. The summed E-state index contributed by atoms with van der Waals surface area (Å²) >= 11 is 0. The van der Waals surface area contributed by atoms with Gasteiger partial charge >= 0.3 is 0 Å². The molecule has 144 valence electrons. The number of fused-ring (bicyclic) bond motifs is 1. The molecule has 1 aliphatic heterocycles. The van der Waals surface area contributed by atoms with Gasteiger partial charge in [-0.15, -0.1) is 0 Å². The second kappa shape index (κ2) is 7.72. The molecular formula is C21H22N4O3. The number of amides is 1. The fourth-order valence-corrected chi connectivity index (χ4v) is 3.22. The zero-order chi connectivity index (χ0) is 19.5. The van der Waals surface area contributed by atoms with E-state index in [2.05, 4.69) is 15.4 Å². The van der Waals surface area contributed by atoms with E-state index < -0.39 is 0 Å². The second-order valence-corrected chi connectivity index (χ2v) is 6.69. The normalized spacial score (nSPS) is 12.2. The maximum Gasteiger partial charge on any atom is 0.251 e. The first kappa shape index (κ1) is 18.0. The predicted octanol–water partition coefficient (Wildman–Crippen LogP) is 3.11. The Hall–Kier alpha value is -3.35. The molecule has 1 N–H and O–H groups in total.